The molecule has 0 aliphatic heterocycles. The lowest BCUT2D eigenvalue weighted by Crippen LogP contribution is -1.97. The molecule has 156 valence electrons. The SMILES string of the molecule is Cc1ccc2c(n1)nc(-c1cccc3c1oc1c4ccccc4ccc31)n2-c1ccccc1. The van der Waals surface area contributed by atoms with Crippen LogP contribution in [0.2, 0.25) is 0 Å². The minimum Gasteiger partial charge on any atom is -0.455 e. The van der Waals surface area contributed by atoms with Crippen LogP contribution in [0.3, 0.4) is 0 Å². The second-order valence-electron chi connectivity index (χ2n) is 8.35. The van der Waals surface area contributed by atoms with Crippen molar-refractivity contribution < 1.29 is 4.42 Å². The van der Waals surface area contributed by atoms with Crippen molar-refractivity contribution in [1.29, 1.82) is 0 Å². The van der Waals surface area contributed by atoms with E-state index >= 15 is 0 Å². The highest BCUT2D eigenvalue weighted by Crippen LogP contribution is 2.39. The molecule has 0 unspecified atom stereocenters. The highest BCUT2D eigenvalue weighted by molar-refractivity contribution is 6.17. The maximum absolute atomic E-state index is 6.59. The van der Waals surface area contributed by atoms with Crippen molar-refractivity contribution in [1.82, 2.24) is 14.5 Å². The van der Waals surface area contributed by atoms with Gasteiger partial charge >= 0.3 is 0 Å². The van der Waals surface area contributed by atoms with E-state index < -0.39 is 0 Å². The summed E-state index contributed by atoms with van der Waals surface area (Å²) in [4.78, 5) is 9.70. The first-order valence-corrected chi connectivity index (χ1v) is 11.0. The zero-order chi connectivity index (χ0) is 21.9. The summed E-state index contributed by atoms with van der Waals surface area (Å²) in [5, 5.41) is 4.48. The number of furan rings is 1. The predicted octanol–water partition coefficient (Wildman–Crippen LogP) is 7.45. The molecule has 3 heterocycles. The summed E-state index contributed by atoms with van der Waals surface area (Å²) < 4.78 is 8.76. The Balaban J connectivity index is 1.61. The van der Waals surface area contributed by atoms with Crippen LogP contribution in [-0.2, 0) is 0 Å². The molecular weight excluding hydrogens is 406 g/mol. The van der Waals surface area contributed by atoms with Crippen LogP contribution in [0.15, 0.2) is 101 Å². The molecule has 7 rings (SSSR count). The molecule has 33 heavy (non-hydrogen) atoms. The fourth-order valence-corrected chi connectivity index (χ4v) is 4.78. The van der Waals surface area contributed by atoms with Gasteiger partial charge in [0.1, 0.15) is 11.2 Å². The molecule has 0 aliphatic rings. The molecule has 0 bridgehead atoms. The van der Waals surface area contributed by atoms with Crippen LogP contribution in [0.4, 0.5) is 0 Å². The Morgan fingerprint density at radius 1 is 0.636 bits per heavy atom. The van der Waals surface area contributed by atoms with Gasteiger partial charge in [-0.25, -0.2) is 9.97 Å². The smallest absolute Gasteiger partial charge is 0.178 e. The van der Waals surface area contributed by atoms with E-state index in [4.69, 9.17) is 14.4 Å². The van der Waals surface area contributed by atoms with Crippen LogP contribution >= 0.6 is 0 Å². The molecule has 4 heteroatoms. The van der Waals surface area contributed by atoms with Gasteiger partial charge in [0.05, 0.1) is 11.1 Å². The number of nitrogens with zero attached hydrogens (tertiary/aromatic N) is 3. The van der Waals surface area contributed by atoms with Gasteiger partial charge in [-0.1, -0.05) is 60.7 Å². The molecule has 3 aromatic heterocycles. The molecule has 0 spiro atoms. The van der Waals surface area contributed by atoms with Crippen LogP contribution in [0.5, 0.6) is 0 Å². The molecule has 0 aliphatic carbocycles. The van der Waals surface area contributed by atoms with Gasteiger partial charge in [-0.3, -0.25) is 4.57 Å². The molecule has 0 atom stereocenters. The topological polar surface area (TPSA) is 43.9 Å². The second kappa shape index (κ2) is 6.78. The average molecular weight is 425 g/mol. The highest BCUT2D eigenvalue weighted by atomic mass is 16.3. The lowest BCUT2D eigenvalue weighted by molar-refractivity contribution is 0.673. The van der Waals surface area contributed by atoms with E-state index in [0.29, 0.717) is 0 Å². The third kappa shape index (κ3) is 2.64. The Morgan fingerprint density at radius 2 is 1.42 bits per heavy atom. The van der Waals surface area contributed by atoms with Crippen LogP contribution in [-0.4, -0.2) is 14.5 Å². The first kappa shape index (κ1) is 18.2. The third-order valence-corrected chi connectivity index (χ3v) is 6.30. The number of hydrogen-bond donors (Lipinski definition) is 0. The standard InChI is InChI=1S/C29H19N3O/c1-18-14-17-25-28(30-18)31-29(32(25)20-9-3-2-4-10-20)24-13-7-12-22-23-16-15-19-8-5-6-11-21(19)26(23)33-27(22)24/h2-17H,1H3. The van der Waals surface area contributed by atoms with Crippen molar-refractivity contribution in [3.05, 3.63) is 103 Å². The number of pyridine rings is 1. The van der Waals surface area contributed by atoms with Crippen molar-refractivity contribution >= 4 is 43.9 Å². The van der Waals surface area contributed by atoms with E-state index in [1.165, 1.54) is 5.39 Å². The molecule has 0 saturated heterocycles. The van der Waals surface area contributed by atoms with Crippen molar-refractivity contribution in [2.75, 3.05) is 0 Å². The molecule has 0 saturated carbocycles. The van der Waals surface area contributed by atoms with Crippen molar-refractivity contribution in [3.8, 4) is 17.1 Å². The van der Waals surface area contributed by atoms with Gasteiger partial charge in [-0.05, 0) is 48.7 Å². The Kier molecular flexibility index (Phi) is 3.73. The Labute approximate surface area is 189 Å². The number of fused-ring (bicyclic) bond motifs is 6. The van der Waals surface area contributed by atoms with Gasteiger partial charge in [-0.15, -0.1) is 0 Å². The van der Waals surface area contributed by atoms with E-state index in [9.17, 15) is 0 Å². The maximum Gasteiger partial charge on any atom is 0.178 e. The van der Waals surface area contributed by atoms with E-state index in [0.717, 1.165) is 61.3 Å². The molecule has 0 fully saturated rings. The predicted molar refractivity (Wildman–Crippen MR) is 134 cm³/mol. The lowest BCUT2D eigenvalue weighted by Gasteiger charge is -2.09. The minimum absolute atomic E-state index is 0.729. The van der Waals surface area contributed by atoms with Crippen molar-refractivity contribution in [2.45, 2.75) is 6.92 Å². The Bertz CT molecular complexity index is 1830. The summed E-state index contributed by atoms with van der Waals surface area (Å²) in [5.74, 6) is 0.822. The van der Waals surface area contributed by atoms with E-state index in [-0.39, 0.29) is 0 Å². The quantitative estimate of drug-likeness (QED) is 0.289. The zero-order valence-electron chi connectivity index (χ0n) is 18.0. The zero-order valence-corrected chi connectivity index (χ0v) is 18.0. The first-order chi connectivity index (χ1) is 16.3. The fourth-order valence-electron chi connectivity index (χ4n) is 4.78. The second-order valence-corrected chi connectivity index (χ2v) is 8.35. The van der Waals surface area contributed by atoms with Gasteiger partial charge in [0.2, 0.25) is 0 Å². The van der Waals surface area contributed by atoms with Gasteiger partial charge in [0, 0.05) is 27.5 Å². The molecular formula is C29H19N3O. The van der Waals surface area contributed by atoms with E-state index in [2.05, 4.69) is 77.4 Å². The monoisotopic (exact) mass is 425 g/mol. The Morgan fingerprint density at radius 3 is 2.33 bits per heavy atom. The molecule has 4 aromatic carbocycles. The number of para-hydroxylation sites is 2. The normalized spacial score (nSPS) is 11.8. The summed E-state index contributed by atoms with van der Waals surface area (Å²) in [5.41, 5.74) is 6.39. The highest BCUT2D eigenvalue weighted by Gasteiger charge is 2.20. The van der Waals surface area contributed by atoms with Gasteiger partial charge in [0.15, 0.2) is 11.5 Å². The molecule has 7 aromatic rings. The number of aryl methyl sites for hydroxylation is 1. The van der Waals surface area contributed by atoms with E-state index in [1.54, 1.807) is 0 Å². The number of imidazole rings is 1. The van der Waals surface area contributed by atoms with Crippen LogP contribution in [0.1, 0.15) is 5.69 Å². The summed E-state index contributed by atoms with van der Waals surface area (Å²) in [7, 11) is 0. The summed E-state index contributed by atoms with van der Waals surface area (Å²) in [6.45, 7) is 1.99. The van der Waals surface area contributed by atoms with Gasteiger partial charge in [0.25, 0.3) is 0 Å². The van der Waals surface area contributed by atoms with Crippen LogP contribution < -0.4 is 0 Å². The number of hydrogen-bond acceptors (Lipinski definition) is 3. The number of benzene rings is 4. The lowest BCUT2D eigenvalue weighted by atomic mass is 10.0. The summed E-state index contributed by atoms with van der Waals surface area (Å²) >= 11 is 0. The summed E-state index contributed by atoms with van der Waals surface area (Å²) in [6, 6.07) is 33.4. The molecule has 0 radical (unpaired) electrons. The Hall–Kier alpha value is -4.44. The van der Waals surface area contributed by atoms with Gasteiger partial charge < -0.3 is 4.42 Å². The fraction of sp³-hybridized carbons (Fsp3) is 0.0345. The average Bonchev–Trinajstić information content (AvgIpc) is 3.43. The van der Waals surface area contributed by atoms with Crippen LogP contribution in [0, 0.1) is 6.92 Å². The minimum atomic E-state index is 0.729. The molecule has 0 amide bonds. The number of aromatic nitrogens is 3. The molecule has 0 N–H and O–H groups in total. The van der Waals surface area contributed by atoms with Crippen molar-refractivity contribution in [2.24, 2.45) is 0 Å². The number of rotatable bonds is 2. The van der Waals surface area contributed by atoms with Crippen LogP contribution in [0.25, 0.3) is 61.0 Å². The molecule has 4 nitrogen and oxygen atoms in total. The third-order valence-electron chi connectivity index (χ3n) is 6.30. The van der Waals surface area contributed by atoms with Crippen molar-refractivity contribution in [3.63, 3.8) is 0 Å². The maximum atomic E-state index is 6.59. The summed E-state index contributed by atoms with van der Waals surface area (Å²) in [6.07, 6.45) is 0. The van der Waals surface area contributed by atoms with E-state index in [1.807, 2.05) is 31.2 Å². The largest absolute Gasteiger partial charge is 0.455 e. The van der Waals surface area contributed by atoms with Gasteiger partial charge in [-0.2, -0.15) is 0 Å². The first-order valence-electron chi connectivity index (χ1n) is 11.0.